The molecule has 0 unspecified atom stereocenters. The van der Waals surface area contributed by atoms with Crippen LogP contribution in [0, 0.1) is 6.92 Å². The normalized spacial score (nSPS) is 10.9. The number of halogens is 1. The van der Waals surface area contributed by atoms with Gasteiger partial charge in [0.1, 0.15) is 17.3 Å². The Bertz CT molecular complexity index is 647. The highest BCUT2D eigenvalue weighted by atomic mass is 19.1. The van der Waals surface area contributed by atoms with Crippen molar-refractivity contribution in [3.63, 3.8) is 0 Å². The van der Waals surface area contributed by atoms with Crippen molar-refractivity contribution in [2.45, 2.75) is 19.9 Å². The van der Waals surface area contributed by atoms with Gasteiger partial charge in [0, 0.05) is 12.5 Å². The highest BCUT2D eigenvalue weighted by Crippen LogP contribution is 2.13. The number of carbonyl (C=O) groups is 1. The molecule has 0 atom stereocenters. The van der Waals surface area contributed by atoms with Crippen molar-refractivity contribution >= 4 is 12.0 Å². The summed E-state index contributed by atoms with van der Waals surface area (Å²) in [5.74, 6) is 2.04. The van der Waals surface area contributed by atoms with Gasteiger partial charge in [-0.05, 0) is 42.8 Å². The van der Waals surface area contributed by atoms with E-state index in [-0.39, 0.29) is 12.6 Å². The molecule has 122 valence electrons. The van der Waals surface area contributed by atoms with E-state index in [2.05, 4.69) is 5.32 Å². The lowest BCUT2D eigenvalue weighted by molar-refractivity contribution is -0.116. The van der Waals surface area contributed by atoms with Crippen LogP contribution in [0.5, 0.6) is 5.75 Å². The molecule has 1 N–H and O–H groups in total. The van der Waals surface area contributed by atoms with Gasteiger partial charge in [0.25, 0.3) is 0 Å². The Morgan fingerprint density at radius 2 is 2.04 bits per heavy atom. The highest BCUT2D eigenvalue weighted by Gasteiger charge is 2.00. The molecule has 0 aliphatic rings. The average molecular weight is 317 g/mol. The highest BCUT2D eigenvalue weighted by molar-refractivity contribution is 5.91. The topological polar surface area (TPSA) is 51.5 Å². The van der Waals surface area contributed by atoms with Crippen LogP contribution in [0.15, 0.2) is 46.9 Å². The van der Waals surface area contributed by atoms with Crippen LogP contribution in [0.2, 0.25) is 0 Å². The molecule has 2 rings (SSSR count). The number of benzene rings is 1. The molecule has 1 aromatic carbocycles. The number of carbonyl (C=O) groups excluding carboxylic acids is 1. The van der Waals surface area contributed by atoms with Crippen molar-refractivity contribution in [3.8, 4) is 5.75 Å². The second-order valence-electron chi connectivity index (χ2n) is 5.02. The molecule has 0 saturated heterocycles. The Kier molecular flexibility index (Phi) is 6.41. The van der Waals surface area contributed by atoms with Gasteiger partial charge < -0.3 is 14.5 Å². The minimum atomic E-state index is -0.381. The van der Waals surface area contributed by atoms with E-state index in [0.29, 0.717) is 25.3 Å². The third-order valence-electron chi connectivity index (χ3n) is 3.09. The molecule has 0 bridgehead atoms. The van der Waals surface area contributed by atoms with E-state index >= 15 is 0 Å². The van der Waals surface area contributed by atoms with Crippen molar-refractivity contribution in [1.82, 2.24) is 5.32 Å². The molecule has 1 amide bonds. The number of rotatable bonds is 8. The molecule has 23 heavy (non-hydrogen) atoms. The molecule has 5 heteroatoms. The molecule has 4 nitrogen and oxygen atoms in total. The van der Waals surface area contributed by atoms with Crippen LogP contribution in [-0.2, 0) is 11.3 Å². The smallest absolute Gasteiger partial charge is 0.244 e. The summed E-state index contributed by atoms with van der Waals surface area (Å²) in [5.41, 5.74) is 0.881. The first kappa shape index (κ1) is 16.8. The number of amides is 1. The summed E-state index contributed by atoms with van der Waals surface area (Å²) in [6.07, 6.45) is 3.57. The summed E-state index contributed by atoms with van der Waals surface area (Å²) in [5, 5.41) is 2.75. The monoisotopic (exact) mass is 317 g/mol. The minimum absolute atomic E-state index is 0.192. The van der Waals surface area contributed by atoms with Crippen LogP contribution in [0.3, 0.4) is 0 Å². The van der Waals surface area contributed by atoms with Crippen LogP contribution in [0.1, 0.15) is 23.5 Å². The number of nitrogens with one attached hydrogen (secondary N) is 1. The number of hydrogen-bond acceptors (Lipinski definition) is 3. The van der Waals surface area contributed by atoms with Gasteiger partial charge in [0.15, 0.2) is 0 Å². The van der Waals surface area contributed by atoms with Crippen LogP contribution < -0.4 is 10.1 Å². The van der Waals surface area contributed by atoms with E-state index in [4.69, 9.17) is 9.15 Å². The summed E-state index contributed by atoms with van der Waals surface area (Å²) in [7, 11) is 0. The van der Waals surface area contributed by atoms with Crippen molar-refractivity contribution in [3.05, 3.63) is 59.6 Å². The van der Waals surface area contributed by atoms with E-state index in [9.17, 15) is 9.18 Å². The third-order valence-corrected chi connectivity index (χ3v) is 3.09. The molecule has 0 aliphatic heterocycles. The van der Waals surface area contributed by atoms with E-state index < -0.39 is 0 Å². The molecule has 0 aliphatic carbocycles. The maximum Gasteiger partial charge on any atom is 0.244 e. The zero-order chi connectivity index (χ0) is 16.5. The predicted octanol–water partition coefficient (Wildman–Crippen LogP) is 3.66. The molecule has 0 radical (unpaired) electrons. The van der Waals surface area contributed by atoms with Crippen LogP contribution >= 0.6 is 0 Å². The summed E-state index contributed by atoms with van der Waals surface area (Å²) < 4.78 is 22.7. The number of alkyl halides is 1. The average Bonchev–Trinajstić information content (AvgIpc) is 2.98. The second-order valence-corrected chi connectivity index (χ2v) is 5.02. The number of furan rings is 1. The summed E-state index contributed by atoms with van der Waals surface area (Å²) in [6, 6.07) is 11.0. The lowest BCUT2D eigenvalue weighted by Crippen LogP contribution is -2.19. The third kappa shape index (κ3) is 5.98. The van der Waals surface area contributed by atoms with Gasteiger partial charge >= 0.3 is 0 Å². The summed E-state index contributed by atoms with van der Waals surface area (Å²) in [4.78, 5) is 11.7. The minimum Gasteiger partial charge on any atom is -0.493 e. The predicted molar refractivity (Wildman–Crippen MR) is 86.9 cm³/mol. The van der Waals surface area contributed by atoms with E-state index in [1.54, 1.807) is 18.2 Å². The maximum atomic E-state index is 12.0. The lowest BCUT2D eigenvalue weighted by Gasteiger charge is -2.04. The van der Waals surface area contributed by atoms with Gasteiger partial charge in [-0.25, -0.2) is 0 Å². The van der Waals surface area contributed by atoms with Crippen molar-refractivity contribution in [2.24, 2.45) is 0 Å². The fourth-order valence-electron chi connectivity index (χ4n) is 1.90. The van der Waals surface area contributed by atoms with Gasteiger partial charge in [-0.15, -0.1) is 0 Å². The van der Waals surface area contributed by atoms with Crippen LogP contribution in [-0.4, -0.2) is 19.2 Å². The number of aryl methyl sites for hydroxylation is 1. The Labute approximate surface area is 135 Å². The first-order chi connectivity index (χ1) is 11.2. The Morgan fingerprint density at radius 3 is 2.70 bits per heavy atom. The molecule has 2 aromatic rings. The Hall–Kier alpha value is -2.56. The largest absolute Gasteiger partial charge is 0.493 e. The summed E-state index contributed by atoms with van der Waals surface area (Å²) in [6.45, 7) is 2.20. The van der Waals surface area contributed by atoms with Gasteiger partial charge in [-0.3, -0.25) is 9.18 Å². The molecule has 0 spiro atoms. The molecular weight excluding hydrogens is 297 g/mol. The molecular formula is C18H20FNO3. The van der Waals surface area contributed by atoms with Gasteiger partial charge in [-0.1, -0.05) is 12.1 Å². The van der Waals surface area contributed by atoms with Crippen LogP contribution in [0.25, 0.3) is 6.08 Å². The van der Waals surface area contributed by atoms with E-state index in [1.165, 1.54) is 6.08 Å². The lowest BCUT2D eigenvalue weighted by atomic mass is 10.2. The number of hydrogen-bond donors (Lipinski definition) is 1. The molecule has 1 heterocycles. The number of ether oxygens (including phenoxy) is 1. The fraction of sp³-hybridized carbons (Fsp3) is 0.278. The standard InChI is InChI=1S/C18H20FNO3/c1-14-3-7-17(23-14)13-20-18(21)10-6-15-4-8-16(9-5-15)22-12-2-11-19/h3-10H,2,11-13H2,1H3,(H,20,21)/b10-6+. The SMILES string of the molecule is Cc1ccc(CNC(=O)/C=C/c2ccc(OCCCF)cc2)o1. The van der Waals surface area contributed by atoms with Crippen molar-refractivity contribution in [2.75, 3.05) is 13.3 Å². The van der Waals surface area contributed by atoms with Gasteiger partial charge in [0.2, 0.25) is 5.91 Å². The van der Waals surface area contributed by atoms with Crippen molar-refractivity contribution < 1.29 is 18.3 Å². The fourth-order valence-corrected chi connectivity index (χ4v) is 1.90. The Balaban J connectivity index is 1.78. The van der Waals surface area contributed by atoms with Gasteiger partial charge in [-0.2, -0.15) is 0 Å². The molecule has 0 fully saturated rings. The van der Waals surface area contributed by atoms with Crippen LogP contribution in [0.4, 0.5) is 4.39 Å². The molecule has 0 saturated carbocycles. The van der Waals surface area contributed by atoms with E-state index in [1.807, 2.05) is 31.2 Å². The second kappa shape index (κ2) is 8.78. The van der Waals surface area contributed by atoms with Crippen molar-refractivity contribution in [1.29, 1.82) is 0 Å². The zero-order valence-electron chi connectivity index (χ0n) is 13.0. The maximum absolute atomic E-state index is 12.0. The zero-order valence-corrected chi connectivity index (χ0v) is 13.0. The quantitative estimate of drug-likeness (QED) is 0.597. The Morgan fingerprint density at radius 1 is 1.26 bits per heavy atom. The molecule has 1 aromatic heterocycles. The first-order valence-electron chi connectivity index (χ1n) is 7.47. The van der Waals surface area contributed by atoms with Gasteiger partial charge in [0.05, 0.1) is 19.8 Å². The first-order valence-corrected chi connectivity index (χ1v) is 7.47. The van der Waals surface area contributed by atoms with E-state index in [0.717, 1.165) is 17.1 Å². The summed E-state index contributed by atoms with van der Waals surface area (Å²) >= 11 is 0.